The van der Waals surface area contributed by atoms with Gasteiger partial charge >= 0.3 is 0 Å². The lowest BCUT2D eigenvalue weighted by Gasteiger charge is -2.11. The SMILES string of the molecule is CCC(CN)C(=O)c1cc(C)cc(F)c1. The smallest absolute Gasteiger partial charge is 0.167 e. The number of hydrogen-bond acceptors (Lipinski definition) is 2. The lowest BCUT2D eigenvalue weighted by molar-refractivity contribution is 0.0921. The van der Waals surface area contributed by atoms with Crippen LogP contribution in [0, 0.1) is 18.7 Å². The average molecular weight is 209 g/mol. The highest BCUT2D eigenvalue weighted by molar-refractivity contribution is 5.98. The first-order valence-corrected chi connectivity index (χ1v) is 5.10. The van der Waals surface area contributed by atoms with Crippen LogP contribution in [-0.4, -0.2) is 12.3 Å². The Morgan fingerprint density at radius 3 is 2.60 bits per heavy atom. The highest BCUT2D eigenvalue weighted by atomic mass is 19.1. The summed E-state index contributed by atoms with van der Waals surface area (Å²) in [5, 5.41) is 0. The third-order valence-electron chi connectivity index (χ3n) is 2.47. The van der Waals surface area contributed by atoms with Crippen LogP contribution in [0.1, 0.15) is 29.3 Å². The maximum absolute atomic E-state index is 13.1. The van der Waals surface area contributed by atoms with Crippen LogP contribution in [0.2, 0.25) is 0 Å². The summed E-state index contributed by atoms with van der Waals surface area (Å²) in [5.74, 6) is -0.640. The summed E-state index contributed by atoms with van der Waals surface area (Å²) in [5.41, 5.74) is 6.66. The number of hydrogen-bond donors (Lipinski definition) is 1. The zero-order valence-electron chi connectivity index (χ0n) is 9.09. The molecule has 0 aliphatic carbocycles. The van der Waals surface area contributed by atoms with Crippen LogP contribution < -0.4 is 5.73 Å². The van der Waals surface area contributed by atoms with E-state index >= 15 is 0 Å². The highest BCUT2D eigenvalue weighted by Gasteiger charge is 2.17. The quantitative estimate of drug-likeness (QED) is 0.773. The second kappa shape index (κ2) is 5.03. The second-order valence-electron chi connectivity index (χ2n) is 3.72. The Morgan fingerprint density at radius 1 is 1.47 bits per heavy atom. The molecule has 0 bridgehead atoms. The van der Waals surface area contributed by atoms with Crippen molar-refractivity contribution in [2.45, 2.75) is 20.3 Å². The highest BCUT2D eigenvalue weighted by Crippen LogP contribution is 2.14. The molecule has 1 unspecified atom stereocenters. The molecule has 1 aromatic carbocycles. The topological polar surface area (TPSA) is 43.1 Å². The van der Waals surface area contributed by atoms with Crippen molar-refractivity contribution >= 4 is 5.78 Å². The minimum absolute atomic E-state index is 0.0670. The monoisotopic (exact) mass is 209 g/mol. The Labute approximate surface area is 89.3 Å². The summed E-state index contributed by atoms with van der Waals surface area (Å²) in [6.07, 6.45) is 0.685. The summed E-state index contributed by atoms with van der Waals surface area (Å²) in [4.78, 5) is 11.9. The molecule has 2 nitrogen and oxygen atoms in total. The normalized spacial score (nSPS) is 12.5. The molecule has 82 valence electrons. The van der Waals surface area contributed by atoms with E-state index in [4.69, 9.17) is 5.73 Å². The number of carbonyl (C=O) groups is 1. The van der Waals surface area contributed by atoms with Gasteiger partial charge in [-0.2, -0.15) is 0 Å². The van der Waals surface area contributed by atoms with Crippen molar-refractivity contribution < 1.29 is 9.18 Å². The van der Waals surface area contributed by atoms with Gasteiger partial charge in [0.25, 0.3) is 0 Å². The van der Waals surface area contributed by atoms with Crippen molar-refractivity contribution in [3.63, 3.8) is 0 Å². The number of halogens is 1. The number of aryl methyl sites for hydroxylation is 1. The molecular formula is C12H16FNO. The predicted octanol–water partition coefficient (Wildman–Crippen LogP) is 2.30. The van der Waals surface area contributed by atoms with Crippen LogP contribution in [0.15, 0.2) is 18.2 Å². The fourth-order valence-electron chi connectivity index (χ4n) is 1.57. The van der Waals surface area contributed by atoms with Gasteiger partial charge in [-0.05, 0) is 37.1 Å². The van der Waals surface area contributed by atoms with Gasteiger partial charge in [-0.25, -0.2) is 4.39 Å². The predicted molar refractivity (Wildman–Crippen MR) is 58.3 cm³/mol. The van der Waals surface area contributed by atoms with Gasteiger partial charge in [0, 0.05) is 18.0 Å². The lowest BCUT2D eigenvalue weighted by Crippen LogP contribution is -2.23. The number of benzene rings is 1. The zero-order valence-corrected chi connectivity index (χ0v) is 9.09. The third kappa shape index (κ3) is 2.86. The zero-order chi connectivity index (χ0) is 11.4. The van der Waals surface area contributed by atoms with E-state index in [-0.39, 0.29) is 17.5 Å². The molecule has 0 spiro atoms. The van der Waals surface area contributed by atoms with Crippen LogP contribution in [0.25, 0.3) is 0 Å². The molecule has 1 aromatic rings. The number of Topliss-reactive ketones (excluding diaryl/α,β-unsaturated/α-hetero) is 1. The Balaban J connectivity index is 3.00. The molecule has 0 aliphatic rings. The largest absolute Gasteiger partial charge is 0.330 e. The van der Waals surface area contributed by atoms with Gasteiger partial charge in [-0.3, -0.25) is 4.79 Å². The first-order chi connectivity index (χ1) is 7.08. The van der Waals surface area contributed by atoms with Crippen molar-refractivity contribution in [2.75, 3.05) is 6.54 Å². The molecule has 0 amide bonds. The lowest BCUT2D eigenvalue weighted by atomic mass is 9.94. The molecule has 3 heteroatoms. The van der Waals surface area contributed by atoms with Crippen molar-refractivity contribution in [1.82, 2.24) is 0 Å². The first kappa shape index (κ1) is 11.9. The minimum atomic E-state index is -0.370. The van der Waals surface area contributed by atoms with E-state index in [2.05, 4.69) is 0 Å². The summed E-state index contributed by atoms with van der Waals surface area (Å²) in [6, 6.07) is 4.37. The minimum Gasteiger partial charge on any atom is -0.330 e. The number of nitrogens with two attached hydrogens (primary N) is 1. The first-order valence-electron chi connectivity index (χ1n) is 5.10. The molecule has 0 radical (unpaired) electrons. The van der Waals surface area contributed by atoms with Gasteiger partial charge in [0.1, 0.15) is 5.82 Å². The van der Waals surface area contributed by atoms with E-state index in [0.717, 1.165) is 5.56 Å². The van der Waals surface area contributed by atoms with Crippen molar-refractivity contribution in [3.8, 4) is 0 Å². The number of rotatable bonds is 4. The van der Waals surface area contributed by atoms with Crippen LogP contribution in [0.3, 0.4) is 0 Å². The molecule has 1 rings (SSSR count). The molecule has 15 heavy (non-hydrogen) atoms. The van der Waals surface area contributed by atoms with Gasteiger partial charge < -0.3 is 5.73 Å². The van der Waals surface area contributed by atoms with E-state index in [0.29, 0.717) is 18.5 Å². The summed E-state index contributed by atoms with van der Waals surface area (Å²) >= 11 is 0. The summed E-state index contributed by atoms with van der Waals surface area (Å²) < 4.78 is 13.1. The fourth-order valence-corrected chi connectivity index (χ4v) is 1.57. The molecule has 0 fully saturated rings. The van der Waals surface area contributed by atoms with Gasteiger partial charge in [0.15, 0.2) is 5.78 Å². The maximum atomic E-state index is 13.1. The van der Waals surface area contributed by atoms with Crippen LogP contribution >= 0.6 is 0 Å². The van der Waals surface area contributed by atoms with E-state index < -0.39 is 0 Å². The van der Waals surface area contributed by atoms with E-state index in [1.807, 2.05) is 6.92 Å². The molecule has 2 N–H and O–H groups in total. The van der Waals surface area contributed by atoms with Crippen molar-refractivity contribution in [1.29, 1.82) is 0 Å². The molecular weight excluding hydrogens is 193 g/mol. The van der Waals surface area contributed by atoms with E-state index in [1.165, 1.54) is 12.1 Å². The van der Waals surface area contributed by atoms with Gasteiger partial charge in [-0.1, -0.05) is 6.92 Å². The Morgan fingerprint density at radius 2 is 2.13 bits per heavy atom. The standard InChI is InChI=1S/C12H16FNO/c1-3-9(7-14)12(15)10-4-8(2)5-11(13)6-10/h4-6,9H,3,7,14H2,1-2H3. The van der Waals surface area contributed by atoms with Crippen molar-refractivity contribution in [2.24, 2.45) is 11.7 Å². The maximum Gasteiger partial charge on any atom is 0.167 e. The van der Waals surface area contributed by atoms with E-state index in [1.54, 1.807) is 13.0 Å². The number of ketones is 1. The molecule has 0 heterocycles. The molecule has 1 atom stereocenters. The molecule has 0 aromatic heterocycles. The Bertz CT molecular complexity index is 338. The molecule has 0 saturated carbocycles. The summed E-state index contributed by atoms with van der Waals surface area (Å²) in [7, 11) is 0. The van der Waals surface area contributed by atoms with Gasteiger partial charge in [0.2, 0.25) is 0 Å². The molecule has 0 saturated heterocycles. The Kier molecular flexibility index (Phi) is 3.97. The van der Waals surface area contributed by atoms with Crippen LogP contribution in [-0.2, 0) is 0 Å². The van der Waals surface area contributed by atoms with Gasteiger partial charge in [-0.15, -0.1) is 0 Å². The van der Waals surface area contributed by atoms with Gasteiger partial charge in [0.05, 0.1) is 0 Å². The third-order valence-corrected chi connectivity index (χ3v) is 2.47. The Hall–Kier alpha value is -1.22. The fraction of sp³-hybridized carbons (Fsp3) is 0.417. The van der Waals surface area contributed by atoms with Crippen LogP contribution in [0.5, 0.6) is 0 Å². The van der Waals surface area contributed by atoms with E-state index in [9.17, 15) is 9.18 Å². The summed E-state index contributed by atoms with van der Waals surface area (Å²) in [6.45, 7) is 3.98. The molecule has 0 aliphatic heterocycles. The number of carbonyl (C=O) groups excluding carboxylic acids is 1. The second-order valence-corrected chi connectivity index (χ2v) is 3.72. The van der Waals surface area contributed by atoms with Crippen LogP contribution in [0.4, 0.5) is 4.39 Å². The average Bonchev–Trinajstić information content (AvgIpc) is 2.18. The van der Waals surface area contributed by atoms with Crippen molar-refractivity contribution in [3.05, 3.63) is 35.1 Å².